The number of aliphatic hydroxyl groups is 2. The van der Waals surface area contributed by atoms with E-state index < -0.39 is 30.3 Å². The molecule has 4 aromatic rings. The first-order chi connectivity index (χ1) is 17.6. The van der Waals surface area contributed by atoms with Gasteiger partial charge >= 0.3 is 5.69 Å². The molecule has 9 nitrogen and oxygen atoms in total. The van der Waals surface area contributed by atoms with Crippen LogP contribution in [-0.2, 0) is 0 Å². The molecule has 196 valence electrons. The molecule has 0 bridgehead atoms. The van der Waals surface area contributed by atoms with E-state index in [0.717, 1.165) is 0 Å². The Morgan fingerprint density at radius 2 is 1.86 bits per heavy atom. The van der Waals surface area contributed by atoms with Gasteiger partial charge in [-0.05, 0) is 55.3 Å². The zero-order chi connectivity index (χ0) is 26.9. The van der Waals surface area contributed by atoms with E-state index in [1.165, 1.54) is 10.6 Å². The van der Waals surface area contributed by atoms with E-state index >= 15 is 0 Å². The Kier molecular flexibility index (Phi) is 7.86. The van der Waals surface area contributed by atoms with Crippen molar-refractivity contribution in [2.24, 2.45) is 5.92 Å². The van der Waals surface area contributed by atoms with E-state index in [1.807, 2.05) is 13.8 Å². The van der Waals surface area contributed by atoms with Gasteiger partial charge in [0, 0.05) is 21.3 Å². The quantitative estimate of drug-likeness (QED) is 0.204. The van der Waals surface area contributed by atoms with Crippen molar-refractivity contribution in [3.8, 4) is 34.1 Å². The average Bonchev–Trinajstić information content (AvgIpc) is 3.37. The maximum atomic E-state index is 14.6. The van der Waals surface area contributed by atoms with Crippen molar-refractivity contribution >= 4 is 15.9 Å². The second-order valence-corrected chi connectivity index (χ2v) is 9.99. The molecule has 0 saturated carbocycles. The molecule has 0 amide bonds. The van der Waals surface area contributed by atoms with Crippen LogP contribution in [-0.4, -0.2) is 54.2 Å². The fourth-order valence-corrected chi connectivity index (χ4v) is 4.50. The summed E-state index contributed by atoms with van der Waals surface area (Å²) >= 11 is 3.26. The summed E-state index contributed by atoms with van der Waals surface area (Å²) in [6.07, 6.45) is -0.993. The SMILES string of the molecule is Cc1[nH]c([C@@H](C(C)C)n2c(O)c(-c3ccc(OC[C@H](O)CO)cc3)[nH]c2=O)nc1-c1ccc(Br)cc1F. The van der Waals surface area contributed by atoms with Gasteiger partial charge in [-0.2, -0.15) is 0 Å². The number of ether oxygens (including phenoxy) is 1. The van der Waals surface area contributed by atoms with Gasteiger partial charge in [-0.1, -0.05) is 29.8 Å². The summed E-state index contributed by atoms with van der Waals surface area (Å²) < 4.78 is 21.9. The highest BCUT2D eigenvalue weighted by Gasteiger charge is 2.29. The van der Waals surface area contributed by atoms with E-state index in [4.69, 9.17) is 9.84 Å². The number of aromatic hydroxyl groups is 1. The number of hydrogen-bond acceptors (Lipinski definition) is 6. The predicted octanol–water partition coefficient (Wildman–Crippen LogP) is 4.13. The third-order valence-electron chi connectivity index (χ3n) is 5.98. The molecule has 0 radical (unpaired) electrons. The summed E-state index contributed by atoms with van der Waals surface area (Å²) in [5, 5.41) is 29.5. The zero-order valence-electron chi connectivity index (χ0n) is 20.5. The van der Waals surface area contributed by atoms with Crippen LogP contribution in [0.3, 0.4) is 0 Å². The number of halogens is 2. The van der Waals surface area contributed by atoms with E-state index in [1.54, 1.807) is 43.3 Å². The highest BCUT2D eigenvalue weighted by atomic mass is 79.9. The van der Waals surface area contributed by atoms with Gasteiger partial charge in [0.2, 0.25) is 5.88 Å². The molecular weight excluding hydrogens is 547 g/mol. The molecule has 37 heavy (non-hydrogen) atoms. The number of aromatic amines is 2. The summed E-state index contributed by atoms with van der Waals surface area (Å²) in [5.41, 5.74) is 1.62. The Bertz CT molecular complexity index is 1440. The van der Waals surface area contributed by atoms with Crippen molar-refractivity contribution < 1.29 is 24.4 Å². The second kappa shape index (κ2) is 10.9. The first kappa shape index (κ1) is 26.6. The molecule has 0 spiro atoms. The summed E-state index contributed by atoms with van der Waals surface area (Å²) in [6.45, 7) is 5.09. The molecule has 0 aliphatic carbocycles. The second-order valence-electron chi connectivity index (χ2n) is 9.08. The van der Waals surface area contributed by atoms with Crippen LogP contribution in [0.25, 0.3) is 22.5 Å². The third kappa shape index (κ3) is 5.48. The molecule has 0 unspecified atom stereocenters. The third-order valence-corrected chi connectivity index (χ3v) is 6.47. The molecular formula is C26H28BrFN4O5. The number of rotatable bonds is 9. The number of benzene rings is 2. The summed E-state index contributed by atoms with van der Waals surface area (Å²) in [5.74, 6) is 0.0156. The lowest BCUT2D eigenvalue weighted by Gasteiger charge is -2.20. The minimum Gasteiger partial charge on any atom is -0.493 e. The molecule has 0 aliphatic heterocycles. The lowest BCUT2D eigenvalue weighted by Crippen LogP contribution is -2.27. The van der Waals surface area contributed by atoms with Gasteiger partial charge in [0.1, 0.15) is 41.8 Å². The predicted molar refractivity (Wildman–Crippen MR) is 140 cm³/mol. The van der Waals surface area contributed by atoms with Crippen molar-refractivity contribution in [3.63, 3.8) is 0 Å². The highest BCUT2D eigenvalue weighted by molar-refractivity contribution is 9.10. The molecule has 4 rings (SSSR count). The number of nitrogens with zero attached hydrogens (tertiary/aromatic N) is 2. The molecule has 5 N–H and O–H groups in total. The Balaban J connectivity index is 1.69. The van der Waals surface area contributed by atoms with Gasteiger partial charge in [-0.15, -0.1) is 0 Å². The smallest absolute Gasteiger partial charge is 0.329 e. The van der Waals surface area contributed by atoms with Crippen LogP contribution in [0.1, 0.15) is 31.4 Å². The van der Waals surface area contributed by atoms with Crippen LogP contribution in [0, 0.1) is 18.7 Å². The zero-order valence-corrected chi connectivity index (χ0v) is 22.1. The first-order valence-electron chi connectivity index (χ1n) is 11.7. The molecule has 2 aromatic heterocycles. The van der Waals surface area contributed by atoms with Crippen molar-refractivity contribution in [2.75, 3.05) is 13.2 Å². The topological polar surface area (TPSA) is 136 Å². The molecule has 2 heterocycles. The van der Waals surface area contributed by atoms with Gasteiger partial charge in [-0.3, -0.25) is 4.57 Å². The number of aryl methyl sites for hydroxylation is 1. The fourth-order valence-electron chi connectivity index (χ4n) is 4.17. The van der Waals surface area contributed by atoms with Crippen LogP contribution >= 0.6 is 15.9 Å². The average molecular weight is 575 g/mol. The number of aliphatic hydroxyl groups excluding tert-OH is 2. The molecule has 0 saturated heterocycles. The first-order valence-corrected chi connectivity index (χ1v) is 12.5. The normalized spacial score (nSPS) is 13.2. The monoisotopic (exact) mass is 574 g/mol. The van der Waals surface area contributed by atoms with Crippen LogP contribution in [0.5, 0.6) is 11.6 Å². The number of imidazole rings is 2. The van der Waals surface area contributed by atoms with E-state index in [9.17, 15) is 19.4 Å². The van der Waals surface area contributed by atoms with E-state index in [0.29, 0.717) is 38.6 Å². The van der Waals surface area contributed by atoms with Crippen molar-refractivity contribution in [2.45, 2.75) is 32.9 Å². The van der Waals surface area contributed by atoms with Gasteiger partial charge in [-0.25, -0.2) is 14.2 Å². The van der Waals surface area contributed by atoms with E-state index in [2.05, 4.69) is 30.9 Å². The standard InChI is InChI=1S/C26H28BrFN4O5/c1-13(2)23(24-29-14(3)21(30-24)19-9-6-16(27)10-20(19)28)32-25(35)22(31-26(32)36)15-4-7-18(8-5-15)37-12-17(34)11-33/h4-10,13,17,23,33-35H,11-12H2,1-3H3,(H,29,30)(H,31,36)/t17-,23-/m1/s1. The Hall–Kier alpha value is -3.41. The Morgan fingerprint density at radius 1 is 1.16 bits per heavy atom. The van der Waals surface area contributed by atoms with Gasteiger partial charge in [0.25, 0.3) is 0 Å². The Morgan fingerprint density at radius 3 is 2.49 bits per heavy atom. The van der Waals surface area contributed by atoms with Crippen LogP contribution in [0.2, 0.25) is 0 Å². The number of H-pyrrole nitrogens is 2. The molecule has 2 aromatic carbocycles. The molecule has 0 aliphatic rings. The minimum atomic E-state index is -0.993. The maximum absolute atomic E-state index is 14.6. The van der Waals surface area contributed by atoms with Gasteiger partial charge < -0.3 is 30.0 Å². The highest BCUT2D eigenvalue weighted by Crippen LogP contribution is 2.35. The number of nitrogens with one attached hydrogen (secondary N) is 2. The van der Waals surface area contributed by atoms with Crippen LogP contribution < -0.4 is 10.4 Å². The minimum absolute atomic E-state index is 0.0704. The molecule has 0 fully saturated rings. The Labute approximate surface area is 220 Å². The summed E-state index contributed by atoms with van der Waals surface area (Å²) in [4.78, 5) is 23.6. The van der Waals surface area contributed by atoms with Crippen LogP contribution in [0.4, 0.5) is 4.39 Å². The van der Waals surface area contributed by atoms with E-state index in [-0.39, 0.29) is 24.1 Å². The van der Waals surface area contributed by atoms with Crippen molar-refractivity contribution in [1.82, 2.24) is 19.5 Å². The largest absolute Gasteiger partial charge is 0.493 e. The molecule has 2 atom stereocenters. The van der Waals surface area contributed by atoms with Crippen molar-refractivity contribution in [1.29, 1.82) is 0 Å². The maximum Gasteiger partial charge on any atom is 0.329 e. The number of aromatic nitrogens is 4. The summed E-state index contributed by atoms with van der Waals surface area (Å²) in [6, 6.07) is 10.6. The lowest BCUT2D eigenvalue weighted by atomic mass is 10.0. The fraction of sp³-hybridized carbons (Fsp3) is 0.308. The van der Waals surface area contributed by atoms with Gasteiger partial charge in [0.15, 0.2) is 0 Å². The lowest BCUT2D eigenvalue weighted by molar-refractivity contribution is 0.0536. The van der Waals surface area contributed by atoms with Crippen molar-refractivity contribution in [3.05, 3.63) is 74.8 Å². The molecule has 11 heteroatoms. The van der Waals surface area contributed by atoms with Gasteiger partial charge in [0.05, 0.1) is 12.3 Å². The number of hydrogen-bond donors (Lipinski definition) is 5. The summed E-state index contributed by atoms with van der Waals surface area (Å²) in [7, 11) is 0. The van der Waals surface area contributed by atoms with Crippen LogP contribution in [0.15, 0.2) is 51.7 Å².